The van der Waals surface area contributed by atoms with Crippen LogP contribution < -0.4 is 0 Å². The molecule has 0 saturated heterocycles. The van der Waals surface area contributed by atoms with Crippen LogP contribution in [-0.2, 0) is 6.42 Å². The molecule has 1 aromatic heterocycles. The summed E-state index contributed by atoms with van der Waals surface area (Å²) in [6, 6.07) is 8.23. The van der Waals surface area contributed by atoms with E-state index in [2.05, 4.69) is 50.9 Å². The molecule has 0 unspecified atom stereocenters. The van der Waals surface area contributed by atoms with Crippen LogP contribution in [0.2, 0.25) is 0 Å². The molecular formula is C14H14Br2O. The van der Waals surface area contributed by atoms with Gasteiger partial charge >= 0.3 is 0 Å². The fraction of sp³-hybridized carbons (Fsp3) is 0.286. The predicted octanol–water partition coefficient (Wildman–Crippen LogP) is 5.81. The lowest BCUT2D eigenvalue weighted by molar-refractivity contribution is 0.581. The van der Waals surface area contributed by atoms with Crippen molar-refractivity contribution in [3.05, 3.63) is 45.0 Å². The number of halogens is 2. The van der Waals surface area contributed by atoms with Gasteiger partial charge in [0.05, 0.1) is 6.26 Å². The van der Waals surface area contributed by atoms with Crippen molar-refractivity contribution in [2.45, 2.75) is 26.2 Å². The zero-order valence-corrected chi connectivity index (χ0v) is 12.8. The average Bonchev–Trinajstić information content (AvgIpc) is 2.79. The standard InChI is InChI=1S/C14H14Br2O/c1-2-3-5-10-8-11(15)14(12(16)9-10)13-6-4-7-17-13/h4,6-9H,2-3,5H2,1H3. The molecule has 0 amide bonds. The summed E-state index contributed by atoms with van der Waals surface area (Å²) in [5.74, 6) is 0.880. The summed E-state index contributed by atoms with van der Waals surface area (Å²) < 4.78 is 7.60. The van der Waals surface area contributed by atoms with E-state index < -0.39 is 0 Å². The molecule has 0 spiro atoms. The molecule has 1 heterocycles. The van der Waals surface area contributed by atoms with Crippen LogP contribution in [0.15, 0.2) is 43.9 Å². The first-order valence-electron chi connectivity index (χ1n) is 5.74. The third-order valence-corrected chi connectivity index (χ3v) is 3.94. The molecule has 3 heteroatoms. The molecular weight excluding hydrogens is 344 g/mol. The molecule has 0 N–H and O–H groups in total. The lowest BCUT2D eigenvalue weighted by Crippen LogP contribution is -1.88. The minimum Gasteiger partial charge on any atom is -0.464 e. The molecule has 0 radical (unpaired) electrons. The largest absolute Gasteiger partial charge is 0.464 e. The highest BCUT2D eigenvalue weighted by Crippen LogP contribution is 2.36. The zero-order valence-electron chi connectivity index (χ0n) is 9.67. The molecule has 2 aromatic rings. The Morgan fingerprint density at radius 2 is 1.88 bits per heavy atom. The van der Waals surface area contributed by atoms with Gasteiger partial charge in [0.2, 0.25) is 0 Å². The molecule has 0 aliphatic carbocycles. The summed E-state index contributed by atoms with van der Waals surface area (Å²) in [4.78, 5) is 0. The van der Waals surface area contributed by atoms with E-state index in [0.717, 1.165) is 26.7 Å². The van der Waals surface area contributed by atoms with Crippen molar-refractivity contribution in [3.63, 3.8) is 0 Å². The van der Waals surface area contributed by atoms with Crippen molar-refractivity contribution in [3.8, 4) is 11.3 Å². The molecule has 1 aromatic carbocycles. The minimum atomic E-state index is 0.880. The van der Waals surface area contributed by atoms with Gasteiger partial charge in [0.1, 0.15) is 5.76 Å². The van der Waals surface area contributed by atoms with Crippen LogP contribution in [0.4, 0.5) is 0 Å². The Morgan fingerprint density at radius 3 is 2.41 bits per heavy atom. The number of rotatable bonds is 4. The number of unbranched alkanes of at least 4 members (excludes halogenated alkanes) is 1. The Hall–Kier alpha value is -0.540. The second kappa shape index (κ2) is 5.87. The monoisotopic (exact) mass is 356 g/mol. The highest BCUT2D eigenvalue weighted by molar-refractivity contribution is 9.11. The van der Waals surface area contributed by atoms with Crippen LogP contribution in [0, 0.1) is 0 Å². The first kappa shape index (κ1) is 12.9. The Morgan fingerprint density at radius 1 is 1.18 bits per heavy atom. The Balaban J connectivity index is 2.36. The van der Waals surface area contributed by atoms with Gasteiger partial charge < -0.3 is 4.42 Å². The van der Waals surface area contributed by atoms with Gasteiger partial charge in [-0.25, -0.2) is 0 Å². The van der Waals surface area contributed by atoms with Gasteiger partial charge in [0, 0.05) is 14.5 Å². The molecule has 0 aliphatic rings. The van der Waals surface area contributed by atoms with Crippen LogP contribution in [0.1, 0.15) is 25.3 Å². The van der Waals surface area contributed by atoms with E-state index in [0.29, 0.717) is 0 Å². The highest BCUT2D eigenvalue weighted by atomic mass is 79.9. The fourth-order valence-electron chi connectivity index (χ4n) is 1.81. The van der Waals surface area contributed by atoms with E-state index in [1.54, 1.807) is 6.26 Å². The van der Waals surface area contributed by atoms with E-state index in [1.807, 2.05) is 12.1 Å². The summed E-state index contributed by atoms with van der Waals surface area (Å²) in [6.07, 6.45) is 5.25. The zero-order chi connectivity index (χ0) is 12.3. The number of aryl methyl sites for hydroxylation is 1. The summed E-state index contributed by atoms with van der Waals surface area (Å²) in [5, 5.41) is 0. The third kappa shape index (κ3) is 3.02. The smallest absolute Gasteiger partial charge is 0.136 e. The highest BCUT2D eigenvalue weighted by Gasteiger charge is 2.11. The van der Waals surface area contributed by atoms with Crippen LogP contribution in [0.25, 0.3) is 11.3 Å². The van der Waals surface area contributed by atoms with Gasteiger partial charge in [0.25, 0.3) is 0 Å². The SMILES string of the molecule is CCCCc1cc(Br)c(-c2ccco2)c(Br)c1. The van der Waals surface area contributed by atoms with E-state index in [1.165, 1.54) is 18.4 Å². The third-order valence-electron chi connectivity index (χ3n) is 2.69. The Bertz CT molecular complexity index is 466. The van der Waals surface area contributed by atoms with Crippen molar-refractivity contribution >= 4 is 31.9 Å². The molecule has 1 nitrogen and oxygen atoms in total. The number of benzene rings is 1. The Kier molecular flexibility index (Phi) is 4.46. The molecule has 2 rings (SSSR count). The first-order chi connectivity index (χ1) is 8.22. The molecule has 0 fully saturated rings. The van der Waals surface area contributed by atoms with E-state index >= 15 is 0 Å². The average molecular weight is 358 g/mol. The van der Waals surface area contributed by atoms with Gasteiger partial charge in [0.15, 0.2) is 0 Å². The normalized spacial score (nSPS) is 10.8. The van der Waals surface area contributed by atoms with Crippen molar-refractivity contribution < 1.29 is 4.42 Å². The Labute approximate surface area is 118 Å². The number of hydrogen-bond donors (Lipinski definition) is 0. The molecule has 90 valence electrons. The van der Waals surface area contributed by atoms with Gasteiger partial charge in [-0.15, -0.1) is 0 Å². The second-order valence-corrected chi connectivity index (χ2v) is 5.72. The maximum atomic E-state index is 5.44. The lowest BCUT2D eigenvalue weighted by atomic mass is 10.1. The van der Waals surface area contributed by atoms with E-state index in [9.17, 15) is 0 Å². The van der Waals surface area contributed by atoms with Crippen LogP contribution >= 0.6 is 31.9 Å². The maximum Gasteiger partial charge on any atom is 0.136 e. The second-order valence-electron chi connectivity index (χ2n) is 4.02. The molecule has 0 saturated carbocycles. The summed E-state index contributed by atoms with van der Waals surface area (Å²) in [6.45, 7) is 2.21. The quantitative estimate of drug-likeness (QED) is 0.672. The van der Waals surface area contributed by atoms with Crippen molar-refractivity contribution in [2.75, 3.05) is 0 Å². The first-order valence-corrected chi connectivity index (χ1v) is 7.32. The van der Waals surface area contributed by atoms with E-state index in [-0.39, 0.29) is 0 Å². The predicted molar refractivity (Wildman–Crippen MR) is 78.2 cm³/mol. The summed E-state index contributed by atoms with van der Waals surface area (Å²) in [5.41, 5.74) is 2.43. The van der Waals surface area contributed by atoms with E-state index in [4.69, 9.17) is 4.42 Å². The topological polar surface area (TPSA) is 13.1 Å². The van der Waals surface area contributed by atoms with Gasteiger partial charge in [-0.1, -0.05) is 13.3 Å². The summed E-state index contributed by atoms with van der Waals surface area (Å²) in [7, 11) is 0. The number of hydrogen-bond acceptors (Lipinski definition) is 1. The molecule has 0 aliphatic heterocycles. The van der Waals surface area contributed by atoms with Crippen LogP contribution in [-0.4, -0.2) is 0 Å². The van der Waals surface area contributed by atoms with Crippen molar-refractivity contribution in [1.82, 2.24) is 0 Å². The fourth-order valence-corrected chi connectivity index (χ4v) is 3.48. The van der Waals surface area contributed by atoms with Crippen molar-refractivity contribution in [2.24, 2.45) is 0 Å². The van der Waals surface area contributed by atoms with Crippen LogP contribution in [0.5, 0.6) is 0 Å². The molecule has 0 bridgehead atoms. The van der Waals surface area contributed by atoms with Gasteiger partial charge in [-0.05, 0) is 74.5 Å². The van der Waals surface area contributed by atoms with Gasteiger partial charge in [-0.2, -0.15) is 0 Å². The lowest BCUT2D eigenvalue weighted by Gasteiger charge is -2.08. The number of furan rings is 1. The van der Waals surface area contributed by atoms with Crippen LogP contribution in [0.3, 0.4) is 0 Å². The maximum absolute atomic E-state index is 5.44. The minimum absolute atomic E-state index is 0.880. The molecule has 0 atom stereocenters. The summed E-state index contributed by atoms with van der Waals surface area (Å²) >= 11 is 7.24. The van der Waals surface area contributed by atoms with Gasteiger partial charge in [-0.3, -0.25) is 0 Å². The molecule has 17 heavy (non-hydrogen) atoms. The van der Waals surface area contributed by atoms with Crippen molar-refractivity contribution in [1.29, 1.82) is 0 Å².